The van der Waals surface area contributed by atoms with Crippen molar-refractivity contribution in [2.75, 3.05) is 26.7 Å². The Kier molecular flexibility index (Phi) is 6.68. The predicted octanol–water partition coefficient (Wildman–Crippen LogP) is 4.84. The maximum absolute atomic E-state index is 13.0. The van der Waals surface area contributed by atoms with Crippen LogP contribution in [0, 0.1) is 0 Å². The first-order valence-corrected chi connectivity index (χ1v) is 11.0. The molecule has 0 spiro atoms. The van der Waals surface area contributed by atoms with Gasteiger partial charge < -0.3 is 14.9 Å². The number of phenolic OH excluding ortho intramolecular Hbond substituents is 1. The number of hydrogen-bond donors (Lipinski definition) is 1. The molecule has 3 aromatic rings. The molecule has 1 amide bonds. The van der Waals surface area contributed by atoms with E-state index in [0.29, 0.717) is 6.04 Å². The van der Waals surface area contributed by atoms with Crippen LogP contribution >= 0.6 is 0 Å². The van der Waals surface area contributed by atoms with Crippen LogP contribution in [0.4, 0.5) is 0 Å². The fourth-order valence-corrected chi connectivity index (χ4v) is 4.28. The summed E-state index contributed by atoms with van der Waals surface area (Å²) in [4.78, 5) is 17.4. The first kappa shape index (κ1) is 21.1. The Labute approximate surface area is 184 Å². The molecule has 0 atom stereocenters. The highest BCUT2D eigenvalue weighted by Gasteiger charge is 2.25. The molecule has 0 radical (unpaired) electrons. The minimum Gasteiger partial charge on any atom is -0.508 e. The number of benzene rings is 3. The van der Waals surface area contributed by atoms with Crippen LogP contribution < -0.4 is 0 Å². The number of likely N-dealkylation sites (N-methyl/N-ethyl adjacent to an activating group) is 1. The van der Waals surface area contributed by atoms with Gasteiger partial charge in [0.1, 0.15) is 5.75 Å². The van der Waals surface area contributed by atoms with Crippen LogP contribution in [0.2, 0.25) is 0 Å². The molecule has 4 rings (SSSR count). The van der Waals surface area contributed by atoms with E-state index in [0.717, 1.165) is 55.6 Å². The largest absolute Gasteiger partial charge is 0.508 e. The molecule has 0 saturated carbocycles. The molecule has 1 heterocycles. The summed E-state index contributed by atoms with van der Waals surface area (Å²) in [5.41, 5.74) is 4.17. The zero-order valence-corrected chi connectivity index (χ0v) is 18.1. The van der Waals surface area contributed by atoms with Crippen LogP contribution in [-0.4, -0.2) is 53.5 Å². The first-order chi connectivity index (χ1) is 15.1. The molecular formula is C27H30N2O2. The van der Waals surface area contributed by atoms with Crippen molar-refractivity contribution in [1.82, 2.24) is 9.80 Å². The number of likely N-dealkylation sites (tertiary alicyclic amines) is 1. The monoisotopic (exact) mass is 414 g/mol. The number of amides is 1. The second-order valence-electron chi connectivity index (χ2n) is 8.36. The quantitative estimate of drug-likeness (QED) is 0.628. The minimum atomic E-state index is 0.114. The standard InChI is InChI=1S/C27H30N2O2/c1-28(18-15-21-5-3-2-4-6-21)25-16-19-29(20-17-25)27(31)24-9-7-22(8-10-24)23-11-13-26(30)14-12-23/h2-14,25,30H,15-20H2,1H3. The van der Waals surface area contributed by atoms with Gasteiger partial charge >= 0.3 is 0 Å². The molecule has 4 nitrogen and oxygen atoms in total. The van der Waals surface area contributed by atoms with Gasteiger partial charge in [0.25, 0.3) is 5.91 Å². The number of aromatic hydroxyl groups is 1. The SMILES string of the molecule is CN(CCc1ccccc1)C1CCN(C(=O)c2ccc(-c3ccc(O)cc3)cc2)CC1. The molecule has 1 aliphatic heterocycles. The van der Waals surface area contributed by atoms with Crippen molar-refractivity contribution in [3.63, 3.8) is 0 Å². The van der Waals surface area contributed by atoms with Crippen LogP contribution in [0.1, 0.15) is 28.8 Å². The molecule has 0 aliphatic carbocycles. The number of nitrogens with zero attached hydrogens (tertiary/aromatic N) is 2. The maximum atomic E-state index is 13.0. The number of phenols is 1. The Balaban J connectivity index is 1.29. The van der Waals surface area contributed by atoms with Crippen molar-refractivity contribution < 1.29 is 9.90 Å². The van der Waals surface area contributed by atoms with E-state index in [1.807, 2.05) is 41.3 Å². The van der Waals surface area contributed by atoms with Crippen molar-refractivity contribution in [3.05, 3.63) is 90.0 Å². The molecule has 1 N–H and O–H groups in total. The summed E-state index contributed by atoms with van der Waals surface area (Å²) in [6.45, 7) is 2.65. The molecule has 1 aliphatic rings. The number of rotatable bonds is 6. The molecule has 0 aromatic heterocycles. The lowest BCUT2D eigenvalue weighted by atomic mass is 10.0. The highest BCUT2D eigenvalue weighted by Crippen LogP contribution is 2.23. The lowest BCUT2D eigenvalue weighted by Crippen LogP contribution is -2.46. The Hall–Kier alpha value is -3.11. The molecule has 4 heteroatoms. The molecule has 160 valence electrons. The summed E-state index contributed by atoms with van der Waals surface area (Å²) in [6.07, 6.45) is 3.09. The second-order valence-corrected chi connectivity index (χ2v) is 8.36. The van der Waals surface area contributed by atoms with Gasteiger partial charge in [-0.25, -0.2) is 0 Å². The van der Waals surface area contributed by atoms with Crippen LogP contribution in [0.3, 0.4) is 0 Å². The van der Waals surface area contributed by atoms with Crippen molar-refractivity contribution in [2.24, 2.45) is 0 Å². The lowest BCUT2D eigenvalue weighted by molar-refractivity contribution is 0.0647. The first-order valence-electron chi connectivity index (χ1n) is 11.0. The normalized spacial score (nSPS) is 14.7. The van der Waals surface area contributed by atoms with E-state index in [1.165, 1.54) is 5.56 Å². The minimum absolute atomic E-state index is 0.114. The fraction of sp³-hybridized carbons (Fsp3) is 0.296. The summed E-state index contributed by atoms with van der Waals surface area (Å²) in [6, 6.07) is 26.0. The summed E-state index contributed by atoms with van der Waals surface area (Å²) in [7, 11) is 2.20. The Morgan fingerprint density at radius 2 is 1.48 bits per heavy atom. The third-order valence-electron chi connectivity index (χ3n) is 6.30. The molecule has 1 saturated heterocycles. The van der Waals surface area contributed by atoms with E-state index < -0.39 is 0 Å². The van der Waals surface area contributed by atoms with Gasteiger partial charge in [-0.15, -0.1) is 0 Å². The van der Waals surface area contributed by atoms with E-state index in [-0.39, 0.29) is 11.7 Å². The van der Waals surface area contributed by atoms with Crippen LogP contribution in [0.5, 0.6) is 5.75 Å². The number of hydrogen-bond acceptors (Lipinski definition) is 3. The predicted molar refractivity (Wildman–Crippen MR) is 125 cm³/mol. The van der Waals surface area contributed by atoms with Gasteiger partial charge in [0.15, 0.2) is 0 Å². The van der Waals surface area contributed by atoms with E-state index >= 15 is 0 Å². The smallest absolute Gasteiger partial charge is 0.253 e. The molecular weight excluding hydrogens is 384 g/mol. The van der Waals surface area contributed by atoms with Gasteiger partial charge in [-0.05, 0) is 67.3 Å². The topological polar surface area (TPSA) is 43.8 Å². The van der Waals surface area contributed by atoms with Crippen molar-refractivity contribution in [1.29, 1.82) is 0 Å². The van der Waals surface area contributed by atoms with Crippen LogP contribution in [0.15, 0.2) is 78.9 Å². The average molecular weight is 415 g/mol. The summed E-state index contributed by atoms with van der Waals surface area (Å²) >= 11 is 0. The number of piperidine rings is 1. The maximum Gasteiger partial charge on any atom is 0.253 e. The van der Waals surface area contributed by atoms with E-state index in [1.54, 1.807) is 12.1 Å². The molecule has 3 aromatic carbocycles. The Bertz CT molecular complexity index is 976. The summed E-state index contributed by atoms with van der Waals surface area (Å²) in [5.74, 6) is 0.368. The van der Waals surface area contributed by atoms with E-state index in [9.17, 15) is 9.90 Å². The van der Waals surface area contributed by atoms with Gasteiger partial charge in [-0.2, -0.15) is 0 Å². The highest BCUT2D eigenvalue weighted by molar-refractivity contribution is 5.94. The van der Waals surface area contributed by atoms with Crippen LogP contribution in [-0.2, 0) is 6.42 Å². The summed E-state index contributed by atoms with van der Waals surface area (Å²) < 4.78 is 0. The highest BCUT2D eigenvalue weighted by atomic mass is 16.3. The van der Waals surface area contributed by atoms with Crippen molar-refractivity contribution in [3.8, 4) is 16.9 Å². The summed E-state index contributed by atoms with van der Waals surface area (Å²) in [5, 5.41) is 9.45. The van der Waals surface area contributed by atoms with Gasteiger partial charge in [0.05, 0.1) is 0 Å². The third kappa shape index (κ3) is 5.33. The average Bonchev–Trinajstić information content (AvgIpc) is 2.83. The van der Waals surface area contributed by atoms with Gasteiger partial charge in [-0.1, -0.05) is 54.6 Å². The molecule has 0 unspecified atom stereocenters. The zero-order chi connectivity index (χ0) is 21.6. The number of carbonyl (C=O) groups is 1. The van der Waals surface area contributed by atoms with Gasteiger partial charge in [0.2, 0.25) is 0 Å². The van der Waals surface area contributed by atoms with Gasteiger partial charge in [-0.3, -0.25) is 4.79 Å². The number of carbonyl (C=O) groups excluding carboxylic acids is 1. The Morgan fingerprint density at radius 1 is 0.903 bits per heavy atom. The lowest BCUT2D eigenvalue weighted by Gasteiger charge is -2.37. The van der Waals surface area contributed by atoms with Crippen LogP contribution in [0.25, 0.3) is 11.1 Å². The molecule has 0 bridgehead atoms. The molecule has 31 heavy (non-hydrogen) atoms. The fourth-order valence-electron chi connectivity index (χ4n) is 4.28. The molecule has 1 fully saturated rings. The van der Waals surface area contributed by atoms with Gasteiger partial charge in [0, 0.05) is 31.2 Å². The van der Waals surface area contributed by atoms with E-state index in [2.05, 4.69) is 42.3 Å². The third-order valence-corrected chi connectivity index (χ3v) is 6.30. The van der Waals surface area contributed by atoms with E-state index in [4.69, 9.17) is 0 Å². The zero-order valence-electron chi connectivity index (χ0n) is 18.1. The Morgan fingerprint density at radius 3 is 2.10 bits per heavy atom. The van der Waals surface area contributed by atoms with Crippen molar-refractivity contribution >= 4 is 5.91 Å². The van der Waals surface area contributed by atoms with Crippen molar-refractivity contribution in [2.45, 2.75) is 25.3 Å². The second kappa shape index (κ2) is 9.80.